The number of carbonyl (C=O) groups is 1. The second-order valence-corrected chi connectivity index (χ2v) is 16.3. The van der Waals surface area contributed by atoms with Gasteiger partial charge in [0.05, 0.1) is 23.8 Å². The molecule has 0 saturated heterocycles. The molecule has 0 aromatic heterocycles. The average molecular weight is 638 g/mol. The summed E-state index contributed by atoms with van der Waals surface area (Å²) in [6.07, 6.45) is 4.15. The molecule has 256 valence electrons. The van der Waals surface area contributed by atoms with Crippen LogP contribution in [-0.4, -0.2) is 74.4 Å². The van der Waals surface area contributed by atoms with E-state index in [-0.39, 0.29) is 35.0 Å². The second kappa shape index (κ2) is 12.5. The highest BCUT2D eigenvalue weighted by Crippen LogP contribution is 2.71. The third kappa shape index (κ3) is 5.52. The van der Waals surface area contributed by atoms with Gasteiger partial charge in [-0.1, -0.05) is 37.6 Å². The van der Waals surface area contributed by atoms with E-state index >= 15 is 0 Å². The second-order valence-electron chi connectivity index (χ2n) is 16.3. The van der Waals surface area contributed by atoms with Crippen LogP contribution in [0, 0.1) is 56.7 Å². The van der Waals surface area contributed by atoms with Crippen molar-refractivity contribution in [3.05, 3.63) is 16.6 Å². The van der Waals surface area contributed by atoms with E-state index in [4.69, 9.17) is 4.74 Å². The van der Waals surface area contributed by atoms with Crippen LogP contribution in [0.1, 0.15) is 105 Å². The molecule has 0 aliphatic heterocycles. The fraction of sp³-hybridized carbons (Fsp3) is 0.914. The number of carboxylic acids is 1. The molecule has 5 aliphatic rings. The van der Waals surface area contributed by atoms with E-state index in [9.17, 15) is 39.6 Å². The summed E-state index contributed by atoms with van der Waals surface area (Å²) < 4.78 is 19.2. The number of alkyl halides is 1. The molecule has 14 atom stereocenters. The molecule has 45 heavy (non-hydrogen) atoms. The van der Waals surface area contributed by atoms with Gasteiger partial charge in [-0.3, -0.25) is 9.18 Å². The minimum Gasteiger partial charge on any atom is -0.481 e. The number of allylic oxidation sites excluding steroid dienone is 2. The van der Waals surface area contributed by atoms with E-state index in [2.05, 4.69) is 32.0 Å². The van der Waals surface area contributed by atoms with Gasteiger partial charge in [-0.25, -0.2) is 0 Å². The van der Waals surface area contributed by atoms with Gasteiger partial charge in [0.15, 0.2) is 6.29 Å². The average Bonchev–Trinajstić information content (AvgIpc) is 2.96. The molecule has 10 heteroatoms. The lowest BCUT2D eigenvalue weighted by molar-refractivity contribution is -0.266. The third-order valence-corrected chi connectivity index (χ3v) is 14.1. The molecular formula is C35H56FNO8. The van der Waals surface area contributed by atoms with E-state index in [1.54, 1.807) is 6.92 Å². The number of rotatable bonds is 10. The number of ether oxygens (including phenoxy) is 1. The molecule has 0 aromatic rings. The Morgan fingerprint density at radius 2 is 1.69 bits per heavy atom. The predicted octanol–water partition coefficient (Wildman–Crippen LogP) is 5.37. The number of fused-ring (bicyclic) bond motifs is 7. The van der Waals surface area contributed by atoms with Crippen LogP contribution in [0.4, 0.5) is 4.39 Å². The van der Waals surface area contributed by atoms with E-state index in [0.29, 0.717) is 24.7 Å². The smallest absolute Gasteiger partial charge is 0.310 e. The van der Waals surface area contributed by atoms with Crippen LogP contribution in [0.5, 0.6) is 0 Å². The molecule has 9 nitrogen and oxygen atoms in total. The molecule has 0 heterocycles. The van der Waals surface area contributed by atoms with Crippen molar-refractivity contribution in [2.45, 2.75) is 141 Å². The maximum atomic E-state index is 13.2. The Balaban J connectivity index is 1.44. The molecule has 4 saturated carbocycles. The maximum Gasteiger partial charge on any atom is 0.310 e. The molecule has 5 rings (SSSR count). The zero-order valence-corrected chi connectivity index (χ0v) is 27.7. The molecule has 0 spiro atoms. The first kappa shape index (κ1) is 34.9. The summed E-state index contributed by atoms with van der Waals surface area (Å²) in [5.41, 5.74) is -0.949. The van der Waals surface area contributed by atoms with Crippen LogP contribution < -0.4 is 0 Å². The summed E-state index contributed by atoms with van der Waals surface area (Å²) in [5.74, 6) is -0.363. The standard InChI is InChI=1S/C35H56FNO8/c1-19-8-15-35(31(41)42)16-10-22-21(24(35)18-19)6-7-26-32(22,3)14-11-27-33(26,4)13-9-23(34(27,5)43)29(30(39)40)45-28(20(2)38)25(37-44)12-17-36/h6,19-20,22-30,38-40,43H,7-18H2,1-5H3,(H,41,42)/t19?,20?,22?,23?,24?,25?,26?,27?,28?,29?,32?,33?,34-,35?/m1/s1. The quantitative estimate of drug-likeness (QED) is 0.122. The summed E-state index contributed by atoms with van der Waals surface area (Å²) in [7, 11) is 0. The van der Waals surface area contributed by atoms with Gasteiger partial charge in [0.25, 0.3) is 0 Å². The van der Waals surface area contributed by atoms with Crippen LogP contribution in [0.15, 0.2) is 16.8 Å². The SMILES string of the molecule is CC1CCC2(C(=O)O)CCC3C(=CCC4C3(C)CCC3C4(C)CCC(C(OC(C(C)O)C(CCF)N=O)C(O)O)[C@@]3(C)O)C2C1. The fourth-order valence-electron chi connectivity index (χ4n) is 11.8. The van der Waals surface area contributed by atoms with Gasteiger partial charge in [-0.2, -0.15) is 4.91 Å². The van der Waals surface area contributed by atoms with Crippen molar-refractivity contribution in [1.82, 2.24) is 0 Å². The number of aliphatic hydroxyl groups excluding tert-OH is 2. The Kier molecular flexibility index (Phi) is 9.71. The van der Waals surface area contributed by atoms with E-state index < -0.39 is 60.2 Å². The van der Waals surface area contributed by atoms with Crippen molar-refractivity contribution in [2.24, 2.45) is 56.9 Å². The van der Waals surface area contributed by atoms with Gasteiger partial charge in [0.1, 0.15) is 18.2 Å². The first-order chi connectivity index (χ1) is 21.1. The highest BCUT2D eigenvalue weighted by molar-refractivity contribution is 5.76. The Bertz CT molecular complexity index is 1140. The van der Waals surface area contributed by atoms with Crippen molar-refractivity contribution in [2.75, 3.05) is 6.67 Å². The molecule has 0 aromatic carbocycles. The molecule has 0 amide bonds. The number of halogens is 1. The lowest BCUT2D eigenvalue weighted by Gasteiger charge is -2.68. The van der Waals surface area contributed by atoms with Crippen LogP contribution in [0.25, 0.3) is 0 Å². The summed E-state index contributed by atoms with van der Waals surface area (Å²) in [4.78, 5) is 24.3. The van der Waals surface area contributed by atoms with Crippen LogP contribution in [-0.2, 0) is 9.53 Å². The topological polar surface area (TPSA) is 157 Å². The summed E-state index contributed by atoms with van der Waals surface area (Å²) in [6.45, 7) is 9.22. The summed E-state index contributed by atoms with van der Waals surface area (Å²) in [6, 6.07) is -1.21. The van der Waals surface area contributed by atoms with E-state index in [1.807, 2.05) is 0 Å². The molecule has 5 aliphatic carbocycles. The number of hydrogen-bond donors (Lipinski definition) is 5. The van der Waals surface area contributed by atoms with Gasteiger partial charge in [0, 0.05) is 12.3 Å². The van der Waals surface area contributed by atoms with Crippen LogP contribution in [0.2, 0.25) is 0 Å². The van der Waals surface area contributed by atoms with Crippen molar-refractivity contribution >= 4 is 5.97 Å². The van der Waals surface area contributed by atoms with Gasteiger partial charge in [0.2, 0.25) is 0 Å². The number of carboxylic acid groups (broad SMARTS) is 1. The van der Waals surface area contributed by atoms with Gasteiger partial charge in [-0.05, 0) is 118 Å². The van der Waals surface area contributed by atoms with Crippen molar-refractivity contribution < 1.29 is 39.5 Å². The van der Waals surface area contributed by atoms with Crippen molar-refractivity contribution in [1.29, 1.82) is 0 Å². The van der Waals surface area contributed by atoms with Crippen molar-refractivity contribution in [3.63, 3.8) is 0 Å². The summed E-state index contributed by atoms with van der Waals surface area (Å²) in [5, 5.41) is 57.2. The Morgan fingerprint density at radius 3 is 2.29 bits per heavy atom. The largest absolute Gasteiger partial charge is 0.481 e. The first-order valence-electron chi connectivity index (χ1n) is 17.3. The monoisotopic (exact) mass is 637 g/mol. The predicted molar refractivity (Wildman–Crippen MR) is 167 cm³/mol. The number of aliphatic carboxylic acids is 1. The molecule has 5 N–H and O–H groups in total. The minimum atomic E-state index is -1.99. The van der Waals surface area contributed by atoms with Crippen LogP contribution >= 0.6 is 0 Å². The number of nitroso groups, excluding NO2 is 1. The highest BCUT2D eigenvalue weighted by Gasteiger charge is 2.67. The molecule has 0 radical (unpaired) electrons. The Morgan fingerprint density at radius 1 is 1.02 bits per heavy atom. The number of nitrogens with zero attached hydrogens (tertiary/aromatic N) is 1. The van der Waals surface area contributed by atoms with E-state index in [1.165, 1.54) is 12.5 Å². The highest BCUT2D eigenvalue weighted by atomic mass is 19.1. The van der Waals surface area contributed by atoms with Gasteiger partial charge < -0.3 is 30.3 Å². The zero-order chi connectivity index (χ0) is 33.1. The first-order valence-corrected chi connectivity index (χ1v) is 17.3. The lowest BCUT2D eigenvalue weighted by Crippen LogP contribution is -2.66. The minimum absolute atomic E-state index is 0.0391. The molecule has 4 fully saturated rings. The molecular weight excluding hydrogens is 581 g/mol. The third-order valence-electron chi connectivity index (χ3n) is 14.1. The van der Waals surface area contributed by atoms with E-state index in [0.717, 1.165) is 51.4 Å². The zero-order valence-electron chi connectivity index (χ0n) is 27.7. The molecule has 0 bridgehead atoms. The lowest BCUT2D eigenvalue weighted by atomic mass is 9.37. The molecule has 13 unspecified atom stereocenters. The number of hydrogen-bond acceptors (Lipinski definition) is 8. The Hall–Kier alpha value is -1.46. The fourth-order valence-corrected chi connectivity index (χ4v) is 11.8. The van der Waals surface area contributed by atoms with Gasteiger partial charge in [-0.15, -0.1) is 0 Å². The van der Waals surface area contributed by atoms with Gasteiger partial charge >= 0.3 is 5.97 Å². The number of aliphatic hydroxyl groups is 4. The summed E-state index contributed by atoms with van der Waals surface area (Å²) >= 11 is 0. The maximum absolute atomic E-state index is 13.2. The van der Waals surface area contributed by atoms with Crippen molar-refractivity contribution in [3.8, 4) is 0 Å². The Labute approximate surface area is 267 Å². The van der Waals surface area contributed by atoms with Crippen LogP contribution in [0.3, 0.4) is 0 Å². The normalized spacial score (nSPS) is 45.5.